The molecule has 0 atom stereocenters. The van der Waals surface area contributed by atoms with Crippen LogP contribution in [0.2, 0.25) is 0 Å². The van der Waals surface area contributed by atoms with Crippen LogP contribution in [-0.2, 0) is 6.42 Å². The summed E-state index contributed by atoms with van der Waals surface area (Å²) in [5, 5.41) is 1.05. The van der Waals surface area contributed by atoms with Crippen LogP contribution in [0.1, 0.15) is 19.0 Å². The van der Waals surface area contributed by atoms with Gasteiger partial charge in [0.25, 0.3) is 0 Å². The van der Waals surface area contributed by atoms with E-state index in [1.807, 2.05) is 24.3 Å². The molecule has 2 rings (SSSR count). The molecule has 2 aromatic rings. The van der Waals surface area contributed by atoms with Gasteiger partial charge in [-0.2, -0.15) is 0 Å². The summed E-state index contributed by atoms with van der Waals surface area (Å²) >= 11 is 0. The number of nitrogens with zero attached hydrogens (tertiary/aromatic N) is 1. The third kappa shape index (κ3) is 2.31. The minimum absolute atomic E-state index is 0.820. The van der Waals surface area contributed by atoms with Crippen molar-refractivity contribution >= 4 is 16.6 Å². The second kappa shape index (κ2) is 5.01. The lowest BCUT2D eigenvalue weighted by Crippen LogP contribution is -2.10. The fourth-order valence-electron chi connectivity index (χ4n) is 1.87. The smallest absolute Gasteiger partial charge is 0.121 e. The molecule has 0 aliphatic rings. The predicted molar refractivity (Wildman–Crippen MR) is 70.1 cm³/mol. The molecule has 0 saturated heterocycles. The molecule has 4 nitrogen and oxygen atoms in total. The first-order valence-electron chi connectivity index (χ1n) is 5.72. The maximum atomic E-state index is 5.51. The van der Waals surface area contributed by atoms with E-state index in [0.717, 1.165) is 40.9 Å². The van der Waals surface area contributed by atoms with Crippen LogP contribution in [-0.4, -0.2) is 12.1 Å². The number of hydrogen-bond donors (Lipinski definition) is 2. The monoisotopic (exact) mass is 231 g/mol. The summed E-state index contributed by atoms with van der Waals surface area (Å²) in [4.78, 5) is 4.62. The Kier molecular flexibility index (Phi) is 3.44. The standard InChI is InChI=1S/C13H17N3O/c1-3-4-11-13(16-14)7-9-5-6-10(17-2)8-12(9)15-11/h5-8,16H,3-4,14H2,1-2H3. The number of benzene rings is 1. The average Bonchev–Trinajstić information content (AvgIpc) is 2.37. The van der Waals surface area contributed by atoms with Gasteiger partial charge in [0.2, 0.25) is 0 Å². The lowest BCUT2D eigenvalue weighted by molar-refractivity contribution is 0.415. The highest BCUT2D eigenvalue weighted by Crippen LogP contribution is 2.24. The fraction of sp³-hybridized carbons (Fsp3) is 0.308. The quantitative estimate of drug-likeness (QED) is 0.627. The number of nitrogens with one attached hydrogen (secondary N) is 1. The van der Waals surface area contributed by atoms with Crippen LogP contribution in [0.15, 0.2) is 24.3 Å². The van der Waals surface area contributed by atoms with E-state index in [0.29, 0.717) is 0 Å². The van der Waals surface area contributed by atoms with Crippen molar-refractivity contribution in [3.8, 4) is 5.75 Å². The Morgan fingerprint density at radius 2 is 2.18 bits per heavy atom. The summed E-state index contributed by atoms with van der Waals surface area (Å²) in [5.41, 5.74) is 5.53. The van der Waals surface area contributed by atoms with E-state index in [-0.39, 0.29) is 0 Å². The van der Waals surface area contributed by atoms with Gasteiger partial charge in [0.1, 0.15) is 5.75 Å². The minimum atomic E-state index is 0.820. The lowest BCUT2D eigenvalue weighted by atomic mass is 10.1. The van der Waals surface area contributed by atoms with Gasteiger partial charge in [-0.3, -0.25) is 10.8 Å². The van der Waals surface area contributed by atoms with Crippen LogP contribution < -0.4 is 16.0 Å². The topological polar surface area (TPSA) is 60.2 Å². The van der Waals surface area contributed by atoms with Crippen molar-refractivity contribution in [2.24, 2.45) is 5.84 Å². The second-order valence-corrected chi connectivity index (χ2v) is 3.94. The van der Waals surface area contributed by atoms with Gasteiger partial charge in [-0.05, 0) is 24.6 Å². The Balaban J connectivity index is 2.57. The average molecular weight is 231 g/mol. The number of ether oxygens (including phenoxy) is 1. The highest BCUT2D eigenvalue weighted by atomic mass is 16.5. The first-order valence-corrected chi connectivity index (χ1v) is 5.72. The Labute approximate surface area is 101 Å². The van der Waals surface area contributed by atoms with Crippen LogP contribution in [0, 0.1) is 0 Å². The third-order valence-electron chi connectivity index (χ3n) is 2.75. The van der Waals surface area contributed by atoms with Crippen molar-refractivity contribution in [2.45, 2.75) is 19.8 Å². The minimum Gasteiger partial charge on any atom is -0.497 e. The van der Waals surface area contributed by atoms with E-state index in [2.05, 4.69) is 17.3 Å². The van der Waals surface area contributed by atoms with Crippen LogP contribution in [0.3, 0.4) is 0 Å². The molecule has 0 amide bonds. The van der Waals surface area contributed by atoms with Crippen molar-refractivity contribution < 1.29 is 4.74 Å². The van der Waals surface area contributed by atoms with Gasteiger partial charge >= 0.3 is 0 Å². The zero-order valence-corrected chi connectivity index (χ0v) is 10.2. The summed E-state index contributed by atoms with van der Waals surface area (Å²) in [7, 11) is 1.66. The van der Waals surface area contributed by atoms with Gasteiger partial charge in [0.05, 0.1) is 24.0 Å². The van der Waals surface area contributed by atoms with Crippen LogP contribution in [0.25, 0.3) is 10.9 Å². The summed E-state index contributed by atoms with van der Waals surface area (Å²) in [6.45, 7) is 2.12. The number of hydrogen-bond acceptors (Lipinski definition) is 4. The van der Waals surface area contributed by atoms with E-state index in [4.69, 9.17) is 10.6 Å². The molecule has 0 unspecified atom stereocenters. The Morgan fingerprint density at radius 3 is 2.82 bits per heavy atom. The summed E-state index contributed by atoms with van der Waals surface area (Å²) in [6.07, 6.45) is 1.95. The largest absolute Gasteiger partial charge is 0.497 e. The van der Waals surface area contributed by atoms with Crippen molar-refractivity contribution in [3.05, 3.63) is 30.0 Å². The maximum absolute atomic E-state index is 5.51. The van der Waals surface area contributed by atoms with Crippen molar-refractivity contribution in [1.29, 1.82) is 0 Å². The van der Waals surface area contributed by atoms with Crippen LogP contribution in [0.4, 0.5) is 5.69 Å². The van der Waals surface area contributed by atoms with Gasteiger partial charge in [-0.25, -0.2) is 0 Å². The number of methoxy groups -OCH3 is 1. The molecule has 4 heteroatoms. The third-order valence-corrected chi connectivity index (χ3v) is 2.75. The number of nitrogens with two attached hydrogens (primary N) is 1. The number of aromatic nitrogens is 1. The van der Waals surface area contributed by atoms with E-state index in [9.17, 15) is 0 Å². The molecule has 0 radical (unpaired) electrons. The SMILES string of the molecule is CCCc1nc2cc(OC)ccc2cc1NN. The number of anilines is 1. The Morgan fingerprint density at radius 1 is 1.35 bits per heavy atom. The van der Waals surface area contributed by atoms with Crippen molar-refractivity contribution in [1.82, 2.24) is 4.98 Å². The number of nitrogen functional groups attached to an aromatic ring is 1. The van der Waals surface area contributed by atoms with Gasteiger partial charge in [0.15, 0.2) is 0 Å². The van der Waals surface area contributed by atoms with Crippen LogP contribution >= 0.6 is 0 Å². The fourth-order valence-corrected chi connectivity index (χ4v) is 1.87. The van der Waals surface area contributed by atoms with E-state index in [1.165, 1.54) is 0 Å². The summed E-state index contributed by atoms with van der Waals surface area (Å²) in [6, 6.07) is 7.86. The number of aryl methyl sites for hydroxylation is 1. The zero-order valence-electron chi connectivity index (χ0n) is 10.2. The number of rotatable bonds is 4. The van der Waals surface area contributed by atoms with E-state index < -0.39 is 0 Å². The molecule has 0 aliphatic carbocycles. The molecule has 1 aromatic carbocycles. The van der Waals surface area contributed by atoms with Crippen molar-refractivity contribution in [3.63, 3.8) is 0 Å². The molecule has 0 bridgehead atoms. The summed E-state index contributed by atoms with van der Waals surface area (Å²) in [5.74, 6) is 6.33. The molecule has 3 N–H and O–H groups in total. The first kappa shape index (κ1) is 11.7. The molecule has 0 spiro atoms. The van der Waals surface area contributed by atoms with E-state index >= 15 is 0 Å². The van der Waals surface area contributed by atoms with Gasteiger partial charge < -0.3 is 10.2 Å². The number of pyridine rings is 1. The molecule has 0 aliphatic heterocycles. The number of fused-ring (bicyclic) bond motifs is 1. The zero-order chi connectivity index (χ0) is 12.3. The normalized spacial score (nSPS) is 10.5. The maximum Gasteiger partial charge on any atom is 0.121 e. The summed E-state index contributed by atoms with van der Waals surface area (Å²) < 4.78 is 5.20. The van der Waals surface area contributed by atoms with Gasteiger partial charge in [-0.1, -0.05) is 13.3 Å². The molecule has 0 fully saturated rings. The predicted octanol–water partition coefficient (Wildman–Crippen LogP) is 2.48. The van der Waals surface area contributed by atoms with Gasteiger partial charge in [0, 0.05) is 11.5 Å². The highest BCUT2D eigenvalue weighted by molar-refractivity contribution is 5.83. The van der Waals surface area contributed by atoms with E-state index in [1.54, 1.807) is 7.11 Å². The molecular weight excluding hydrogens is 214 g/mol. The Bertz CT molecular complexity index is 525. The molecule has 0 saturated carbocycles. The van der Waals surface area contributed by atoms with Crippen LogP contribution in [0.5, 0.6) is 5.75 Å². The molecule has 1 heterocycles. The van der Waals surface area contributed by atoms with Gasteiger partial charge in [-0.15, -0.1) is 0 Å². The molecule has 1 aromatic heterocycles. The molecule has 17 heavy (non-hydrogen) atoms. The highest BCUT2D eigenvalue weighted by Gasteiger charge is 2.06. The molecular formula is C13H17N3O. The number of hydrazine groups is 1. The Hall–Kier alpha value is -1.81. The molecule has 90 valence electrons. The van der Waals surface area contributed by atoms with Crippen molar-refractivity contribution in [2.75, 3.05) is 12.5 Å². The second-order valence-electron chi connectivity index (χ2n) is 3.94. The first-order chi connectivity index (χ1) is 8.28. The lowest BCUT2D eigenvalue weighted by Gasteiger charge is -2.10.